The first-order valence-electron chi connectivity index (χ1n) is 7.70. The van der Waals surface area contributed by atoms with Gasteiger partial charge in [0, 0.05) is 11.4 Å². The molecule has 0 saturated carbocycles. The molecule has 1 unspecified atom stereocenters. The molecule has 0 radical (unpaired) electrons. The van der Waals surface area contributed by atoms with Gasteiger partial charge in [0.1, 0.15) is 0 Å². The Hall–Kier alpha value is -2.07. The van der Waals surface area contributed by atoms with Gasteiger partial charge in [0.2, 0.25) is 0 Å². The summed E-state index contributed by atoms with van der Waals surface area (Å²) in [5, 5.41) is 0. The molecule has 0 fully saturated rings. The van der Waals surface area contributed by atoms with E-state index in [1.165, 1.54) is 0 Å². The van der Waals surface area contributed by atoms with Crippen LogP contribution in [0.3, 0.4) is 0 Å². The molecule has 2 N–H and O–H groups in total. The second kappa shape index (κ2) is 6.79. The van der Waals surface area contributed by atoms with Crippen LogP contribution in [0, 0.1) is 13.8 Å². The number of hydrogen-bond donors (Lipinski definition) is 1. The molecule has 1 aromatic heterocycles. The van der Waals surface area contributed by atoms with Crippen molar-refractivity contribution in [1.82, 2.24) is 9.88 Å². The fourth-order valence-electron chi connectivity index (χ4n) is 2.71. The lowest BCUT2D eigenvalue weighted by atomic mass is 10.1. The second-order valence-electron chi connectivity index (χ2n) is 5.86. The maximum atomic E-state index is 6.30. The van der Waals surface area contributed by atoms with E-state index in [0.29, 0.717) is 5.69 Å². The number of nitrogens with zero attached hydrogens (tertiary/aromatic N) is 3. The fraction of sp³-hybridized carbons (Fsp3) is 0.389. The Balaban J connectivity index is 2.61. The van der Waals surface area contributed by atoms with Crippen LogP contribution in [-0.4, -0.2) is 30.1 Å². The van der Waals surface area contributed by atoms with Gasteiger partial charge in [0.05, 0.1) is 11.9 Å². The smallest absolute Gasteiger partial charge is 0.157 e. The highest BCUT2D eigenvalue weighted by molar-refractivity contribution is 5.72. The Kier molecular flexibility index (Phi) is 5.03. The minimum absolute atomic E-state index is 0.194. The summed E-state index contributed by atoms with van der Waals surface area (Å²) in [5.74, 6) is 0.829. The molecular formula is C18H26N4. The number of aryl methyl sites for hydroxylation is 2. The third kappa shape index (κ3) is 3.22. The SMILES string of the molecule is CCC(N(C)C)N(c1ccccc1)c1nc(C)c(C)cc1N. The van der Waals surface area contributed by atoms with Crippen molar-refractivity contribution in [3.8, 4) is 0 Å². The van der Waals surface area contributed by atoms with Crippen molar-refractivity contribution >= 4 is 17.2 Å². The average Bonchev–Trinajstić information content (AvgIpc) is 2.49. The minimum atomic E-state index is 0.194. The van der Waals surface area contributed by atoms with E-state index in [9.17, 15) is 0 Å². The van der Waals surface area contributed by atoms with Crippen LogP contribution in [-0.2, 0) is 0 Å². The number of nitrogen functional groups attached to an aromatic ring is 1. The highest BCUT2D eigenvalue weighted by Gasteiger charge is 2.24. The van der Waals surface area contributed by atoms with Crippen LogP contribution in [0.2, 0.25) is 0 Å². The highest BCUT2D eigenvalue weighted by Crippen LogP contribution is 2.33. The summed E-state index contributed by atoms with van der Waals surface area (Å²) < 4.78 is 0. The van der Waals surface area contributed by atoms with Gasteiger partial charge < -0.3 is 10.6 Å². The number of nitrogens with two attached hydrogens (primary N) is 1. The first-order valence-corrected chi connectivity index (χ1v) is 7.70. The van der Waals surface area contributed by atoms with Crippen LogP contribution in [0.15, 0.2) is 36.4 Å². The zero-order valence-electron chi connectivity index (χ0n) is 14.2. The molecule has 0 aliphatic heterocycles. The number of aromatic nitrogens is 1. The van der Waals surface area contributed by atoms with Crippen molar-refractivity contribution in [3.63, 3.8) is 0 Å². The average molecular weight is 298 g/mol. The van der Waals surface area contributed by atoms with Crippen LogP contribution in [0.5, 0.6) is 0 Å². The van der Waals surface area contributed by atoms with Crippen molar-refractivity contribution in [2.45, 2.75) is 33.4 Å². The van der Waals surface area contributed by atoms with Crippen LogP contribution >= 0.6 is 0 Å². The van der Waals surface area contributed by atoms with Gasteiger partial charge in [-0.25, -0.2) is 4.98 Å². The highest BCUT2D eigenvalue weighted by atomic mass is 15.4. The molecule has 1 aromatic carbocycles. The maximum absolute atomic E-state index is 6.30. The second-order valence-corrected chi connectivity index (χ2v) is 5.86. The normalized spacial score (nSPS) is 12.5. The molecule has 0 amide bonds. The molecule has 0 saturated heterocycles. The zero-order valence-corrected chi connectivity index (χ0v) is 14.2. The minimum Gasteiger partial charge on any atom is -0.396 e. The Bertz CT molecular complexity index is 622. The van der Waals surface area contributed by atoms with Crippen molar-refractivity contribution in [2.75, 3.05) is 24.7 Å². The van der Waals surface area contributed by atoms with E-state index in [0.717, 1.165) is 29.2 Å². The van der Waals surface area contributed by atoms with Gasteiger partial charge in [-0.1, -0.05) is 25.1 Å². The molecule has 0 aliphatic carbocycles. The summed E-state index contributed by atoms with van der Waals surface area (Å²) in [7, 11) is 4.17. The Morgan fingerprint density at radius 3 is 2.32 bits per heavy atom. The summed E-state index contributed by atoms with van der Waals surface area (Å²) in [6.45, 7) is 6.24. The molecule has 4 nitrogen and oxygen atoms in total. The Morgan fingerprint density at radius 1 is 1.14 bits per heavy atom. The van der Waals surface area contributed by atoms with Crippen molar-refractivity contribution < 1.29 is 0 Å². The molecule has 0 spiro atoms. The van der Waals surface area contributed by atoms with Gasteiger partial charge >= 0.3 is 0 Å². The van der Waals surface area contributed by atoms with Crippen LogP contribution in [0.4, 0.5) is 17.2 Å². The maximum Gasteiger partial charge on any atom is 0.157 e. The standard InChI is InChI=1S/C18H26N4/c1-6-17(21(4)5)22(15-10-8-7-9-11-15)18-16(19)12-13(2)14(3)20-18/h7-12,17H,6,19H2,1-5H3. The number of hydrogen-bond acceptors (Lipinski definition) is 4. The lowest BCUT2D eigenvalue weighted by molar-refractivity contribution is 0.289. The number of rotatable bonds is 5. The number of benzene rings is 1. The number of para-hydroxylation sites is 1. The van der Waals surface area contributed by atoms with E-state index in [1.807, 2.05) is 38.1 Å². The lowest BCUT2D eigenvalue weighted by Crippen LogP contribution is -2.42. The van der Waals surface area contributed by atoms with Crippen LogP contribution < -0.4 is 10.6 Å². The molecule has 1 atom stereocenters. The molecular weight excluding hydrogens is 272 g/mol. The summed E-state index contributed by atoms with van der Waals surface area (Å²) >= 11 is 0. The predicted octanol–water partition coefficient (Wildman–Crippen LogP) is 3.72. The summed E-state index contributed by atoms with van der Waals surface area (Å²) in [5.41, 5.74) is 10.2. The summed E-state index contributed by atoms with van der Waals surface area (Å²) in [6, 6.07) is 12.3. The molecule has 2 aromatic rings. The van der Waals surface area contributed by atoms with Gasteiger partial charge in [0.25, 0.3) is 0 Å². The van der Waals surface area contributed by atoms with Crippen molar-refractivity contribution in [2.24, 2.45) is 0 Å². The molecule has 118 valence electrons. The van der Waals surface area contributed by atoms with Crippen molar-refractivity contribution in [3.05, 3.63) is 47.7 Å². The van der Waals surface area contributed by atoms with E-state index in [2.05, 4.69) is 43.0 Å². The molecule has 4 heteroatoms. The van der Waals surface area contributed by atoms with E-state index in [1.54, 1.807) is 0 Å². The third-order valence-corrected chi connectivity index (χ3v) is 4.00. The quantitative estimate of drug-likeness (QED) is 0.855. The monoisotopic (exact) mass is 298 g/mol. The topological polar surface area (TPSA) is 45.4 Å². The van der Waals surface area contributed by atoms with E-state index >= 15 is 0 Å². The van der Waals surface area contributed by atoms with Crippen molar-refractivity contribution in [1.29, 1.82) is 0 Å². The lowest BCUT2D eigenvalue weighted by Gasteiger charge is -2.37. The van der Waals surface area contributed by atoms with Gasteiger partial charge in [-0.05, 0) is 58.1 Å². The Morgan fingerprint density at radius 2 is 1.77 bits per heavy atom. The predicted molar refractivity (Wildman–Crippen MR) is 94.5 cm³/mol. The molecule has 2 rings (SSSR count). The molecule has 22 heavy (non-hydrogen) atoms. The first-order chi connectivity index (χ1) is 10.5. The number of anilines is 3. The van der Waals surface area contributed by atoms with Crippen LogP contribution in [0.25, 0.3) is 0 Å². The third-order valence-electron chi connectivity index (χ3n) is 4.00. The van der Waals surface area contributed by atoms with Gasteiger partial charge in [0.15, 0.2) is 5.82 Å². The zero-order chi connectivity index (χ0) is 16.3. The Labute approximate surface area is 133 Å². The summed E-state index contributed by atoms with van der Waals surface area (Å²) in [4.78, 5) is 9.20. The summed E-state index contributed by atoms with van der Waals surface area (Å²) in [6.07, 6.45) is 1.16. The van der Waals surface area contributed by atoms with E-state index < -0.39 is 0 Å². The van der Waals surface area contributed by atoms with Gasteiger partial charge in [-0.3, -0.25) is 4.90 Å². The van der Waals surface area contributed by atoms with Gasteiger partial charge in [-0.15, -0.1) is 0 Å². The first kappa shape index (κ1) is 16.3. The van der Waals surface area contributed by atoms with E-state index in [-0.39, 0.29) is 6.17 Å². The number of pyridine rings is 1. The van der Waals surface area contributed by atoms with E-state index in [4.69, 9.17) is 10.7 Å². The molecule has 1 heterocycles. The van der Waals surface area contributed by atoms with Crippen LogP contribution in [0.1, 0.15) is 24.6 Å². The molecule has 0 aliphatic rings. The fourth-order valence-corrected chi connectivity index (χ4v) is 2.71. The largest absolute Gasteiger partial charge is 0.396 e. The molecule has 0 bridgehead atoms. The van der Waals surface area contributed by atoms with Gasteiger partial charge in [-0.2, -0.15) is 0 Å².